The maximum absolute atomic E-state index is 14.8. The van der Waals surface area contributed by atoms with Gasteiger partial charge in [-0.3, -0.25) is 20.2 Å². The second kappa shape index (κ2) is 12.4. The first-order valence-corrected chi connectivity index (χ1v) is 15.6. The smallest absolute Gasteiger partial charge is 0.407 e. The Morgan fingerprint density at radius 1 is 1.17 bits per heavy atom. The average molecular weight is 665 g/mol. The molecule has 2 aromatic heterocycles. The molecule has 1 saturated heterocycles. The number of H-pyrrole nitrogens is 1. The molecular formula is C33H35ClF2N8O3. The number of hydrogen-bond donors (Lipinski definition) is 4. The molecule has 3 heterocycles. The summed E-state index contributed by atoms with van der Waals surface area (Å²) in [6, 6.07) is 13.2. The highest BCUT2D eigenvalue weighted by Gasteiger charge is 2.54. The van der Waals surface area contributed by atoms with Crippen LogP contribution in [0.5, 0.6) is 0 Å². The molecule has 2 fully saturated rings. The van der Waals surface area contributed by atoms with Crippen molar-refractivity contribution in [3.8, 4) is 22.4 Å². The van der Waals surface area contributed by atoms with Crippen LogP contribution in [0.2, 0.25) is 5.02 Å². The highest BCUT2D eigenvalue weighted by Crippen LogP contribution is 2.43. The lowest BCUT2D eigenvalue weighted by Crippen LogP contribution is -2.47. The van der Waals surface area contributed by atoms with Gasteiger partial charge in [0.2, 0.25) is 0 Å². The molecule has 2 aliphatic rings. The molecule has 11 nitrogen and oxygen atoms in total. The van der Waals surface area contributed by atoms with E-state index in [1.165, 1.54) is 17.3 Å². The number of nitrogens with one attached hydrogen (secondary N) is 4. The van der Waals surface area contributed by atoms with Crippen molar-refractivity contribution >= 4 is 29.6 Å². The van der Waals surface area contributed by atoms with E-state index in [0.717, 1.165) is 12.8 Å². The predicted molar refractivity (Wildman–Crippen MR) is 172 cm³/mol. The van der Waals surface area contributed by atoms with Gasteiger partial charge < -0.3 is 15.4 Å². The fourth-order valence-electron chi connectivity index (χ4n) is 5.94. The van der Waals surface area contributed by atoms with Crippen molar-refractivity contribution < 1.29 is 23.1 Å². The Morgan fingerprint density at radius 3 is 2.53 bits per heavy atom. The average Bonchev–Trinajstić information content (AvgIpc) is 3.38. The van der Waals surface area contributed by atoms with E-state index in [1.807, 2.05) is 20.8 Å². The van der Waals surface area contributed by atoms with Crippen LogP contribution in [0.25, 0.3) is 22.4 Å². The Balaban J connectivity index is 1.38. The number of guanidine groups is 1. The summed E-state index contributed by atoms with van der Waals surface area (Å²) in [5.41, 5.74) is 1.79. The SMILES string of the molecule is CC(C)(C)C[C@]1(c2ccc(-c3cnn(C(F)F)c3)cc2)NC(=N)N([C@H](COC(=O)NC2CC2)c2ccc(Cl)c(-c3cc[nH]n3)c2)C1=O. The number of ether oxygens (including phenoxy) is 1. The summed E-state index contributed by atoms with van der Waals surface area (Å²) in [4.78, 5) is 28.8. The highest BCUT2D eigenvalue weighted by molar-refractivity contribution is 6.33. The van der Waals surface area contributed by atoms with Gasteiger partial charge in [0.15, 0.2) is 5.96 Å². The second-order valence-electron chi connectivity index (χ2n) is 13.1. The molecule has 4 N–H and O–H groups in total. The van der Waals surface area contributed by atoms with Gasteiger partial charge in [-0.05, 0) is 59.6 Å². The van der Waals surface area contributed by atoms with Gasteiger partial charge in [0.25, 0.3) is 5.91 Å². The third-order valence-electron chi connectivity index (χ3n) is 8.20. The standard InChI is InChI=1S/C33H35ClF2N8O3/c1-32(2,3)18-33(22-7-4-19(5-8-22)21-15-39-43(16-21)29(35)36)28(45)44(30(37)41-33)27(17-47-31(46)40-23-9-10-23)20-6-11-25(34)24(14-20)26-12-13-38-42-26/h4-8,11-16,23,27,29H,9-10,17-18H2,1-3H3,(H2,37,41)(H,38,42)(H,40,46)/t27-,33-/m1/s1. The predicted octanol–water partition coefficient (Wildman–Crippen LogP) is 6.62. The van der Waals surface area contributed by atoms with Crippen LogP contribution in [0.1, 0.15) is 63.8 Å². The zero-order valence-electron chi connectivity index (χ0n) is 26.1. The van der Waals surface area contributed by atoms with E-state index in [0.29, 0.717) is 49.6 Å². The van der Waals surface area contributed by atoms with E-state index >= 15 is 0 Å². The second-order valence-corrected chi connectivity index (χ2v) is 13.5. The summed E-state index contributed by atoms with van der Waals surface area (Å²) < 4.78 is 32.5. The third kappa shape index (κ3) is 6.71. The van der Waals surface area contributed by atoms with E-state index < -0.39 is 30.1 Å². The monoisotopic (exact) mass is 664 g/mol. The number of hydrogen-bond acceptors (Lipinski definition) is 6. The number of carbonyl (C=O) groups excluding carboxylic acids is 2. The third-order valence-corrected chi connectivity index (χ3v) is 8.53. The van der Waals surface area contributed by atoms with Crippen LogP contribution in [0.15, 0.2) is 67.1 Å². The van der Waals surface area contributed by atoms with Gasteiger partial charge in [0.05, 0.1) is 23.0 Å². The van der Waals surface area contributed by atoms with Crippen molar-refractivity contribution in [1.29, 1.82) is 5.41 Å². The van der Waals surface area contributed by atoms with E-state index in [1.54, 1.807) is 54.7 Å². The molecule has 1 saturated carbocycles. The Morgan fingerprint density at radius 2 is 1.91 bits per heavy atom. The van der Waals surface area contributed by atoms with Crippen LogP contribution in [-0.4, -0.2) is 55.5 Å². The summed E-state index contributed by atoms with van der Waals surface area (Å²) in [5, 5.41) is 26.3. The lowest BCUT2D eigenvalue weighted by Gasteiger charge is -2.35. The maximum Gasteiger partial charge on any atom is 0.407 e. The summed E-state index contributed by atoms with van der Waals surface area (Å²) in [5.74, 6) is -0.558. The molecule has 246 valence electrons. The number of aromatic nitrogens is 4. The Kier molecular flexibility index (Phi) is 8.51. The van der Waals surface area contributed by atoms with Crippen molar-refractivity contribution in [1.82, 2.24) is 35.5 Å². The van der Waals surface area contributed by atoms with Gasteiger partial charge in [-0.1, -0.05) is 62.7 Å². The minimum Gasteiger partial charge on any atom is -0.447 e. The molecule has 6 rings (SSSR count). The zero-order chi connectivity index (χ0) is 33.5. The number of nitrogens with zero attached hydrogens (tertiary/aromatic N) is 4. The molecular weight excluding hydrogens is 630 g/mol. The number of amides is 2. The first kappa shape index (κ1) is 32.2. The number of rotatable bonds is 10. The van der Waals surface area contributed by atoms with Crippen LogP contribution in [0.4, 0.5) is 13.6 Å². The topological polar surface area (TPSA) is 141 Å². The fourth-order valence-corrected chi connectivity index (χ4v) is 6.16. The maximum atomic E-state index is 14.8. The van der Waals surface area contributed by atoms with Crippen molar-refractivity contribution in [3.05, 3.63) is 83.3 Å². The first-order chi connectivity index (χ1) is 22.3. The normalized spacial score (nSPS) is 18.8. The van der Waals surface area contributed by atoms with Gasteiger partial charge >= 0.3 is 12.6 Å². The van der Waals surface area contributed by atoms with E-state index in [9.17, 15) is 18.4 Å². The quantitative estimate of drug-likeness (QED) is 0.150. The zero-order valence-corrected chi connectivity index (χ0v) is 26.8. The van der Waals surface area contributed by atoms with Gasteiger partial charge in [-0.15, -0.1) is 0 Å². The Hall–Kier alpha value is -4.78. The molecule has 1 aliphatic heterocycles. The van der Waals surface area contributed by atoms with Gasteiger partial charge in [-0.2, -0.15) is 19.0 Å². The van der Waals surface area contributed by atoms with Crippen LogP contribution in [0.3, 0.4) is 0 Å². The number of benzene rings is 2. The number of alkyl carbamates (subject to hydrolysis) is 1. The molecule has 2 aromatic carbocycles. The van der Waals surface area contributed by atoms with Crippen molar-refractivity contribution in [3.63, 3.8) is 0 Å². The summed E-state index contributed by atoms with van der Waals surface area (Å²) in [6.07, 6.45) is 5.76. The van der Waals surface area contributed by atoms with Crippen LogP contribution < -0.4 is 10.6 Å². The first-order valence-electron chi connectivity index (χ1n) is 15.2. The van der Waals surface area contributed by atoms with E-state index in [-0.39, 0.29) is 24.0 Å². The highest BCUT2D eigenvalue weighted by atomic mass is 35.5. The van der Waals surface area contributed by atoms with Crippen molar-refractivity contribution in [2.45, 2.75) is 64.2 Å². The molecule has 0 unspecified atom stereocenters. The van der Waals surface area contributed by atoms with E-state index in [4.69, 9.17) is 21.7 Å². The van der Waals surface area contributed by atoms with Crippen molar-refractivity contribution in [2.24, 2.45) is 5.41 Å². The van der Waals surface area contributed by atoms with Gasteiger partial charge in [0, 0.05) is 29.6 Å². The molecule has 0 spiro atoms. The largest absolute Gasteiger partial charge is 0.447 e. The van der Waals surface area contributed by atoms with Gasteiger partial charge in [-0.25, -0.2) is 9.48 Å². The van der Waals surface area contributed by atoms with Crippen LogP contribution in [-0.2, 0) is 15.1 Å². The molecule has 0 bridgehead atoms. The Labute approximate surface area is 275 Å². The number of halogens is 3. The molecule has 2 amide bonds. The molecule has 2 atom stereocenters. The summed E-state index contributed by atoms with van der Waals surface area (Å²) in [6.45, 7) is 3.02. The minimum atomic E-state index is -2.76. The molecule has 47 heavy (non-hydrogen) atoms. The van der Waals surface area contributed by atoms with Crippen molar-refractivity contribution in [2.75, 3.05) is 6.61 Å². The van der Waals surface area contributed by atoms with Crippen LogP contribution >= 0.6 is 11.6 Å². The number of carbonyl (C=O) groups is 2. The molecule has 0 radical (unpaired) electrons. The summed E-state index contributed by atoms with van der Waals surface area (Å²) in [7, 11) is 0. The molecule has 4 aromatic rings. The lowest BCUT2D eigenvalue weighted by atomic mass is 9.75. The lowest BCUT2D eigenvalue weighted by molar-refractivity contribution is -0.134. The number of alkyl halides is 2. The molecule has 14 heteroatoms. The molecule has 1 aliphatic carbocycles. The fraction of sp³-hybridized carbons (Fsp3) is 0.364. The number of aromatic amines is 1. The van der Waals surface area contributed by atoms with Crippen LogP contribution in [0, 0.1) is 10.8 Å². The summed E-state index contributed by atoms with van der Waals surface area (Å²) >= 11 is 6.55. The van der Waals surface area contributed by atoms with E-state index in [2.05, 4.69) is 25.9 Å². The van der Waals surface area contributed by atoms with Gasteiger partial charge in [0.1, 0.15) is 12.1 Å². The Bertz CT molecular complexity index is 1780. The minimum absolute atomic E-state index is 0.0725.